The first-order valence-corrected chi connectivity index (χ1v) is 8.14. The fourth-order valence-electron chi connectivity index (χ4n) is 2.65. The highest BCUT2D eigenvalue weighted by Crippen LogP contribution is 2.22. The van der Waals surface area contributed by atoms with E-state index < -0.39 is 0 Å². The van der Waals surface area contributed by atoms with Crippen LogP contribution in [-0.2, 0) is 13.5 Å². The van der Waals surface area contributed by atoms with E-state index in [2.05, 4.69) is 4.98 Å². The third kappa shape index (κ3) is 2.64. The first-order chi connectivity index (χ1) is 10.6. The molecule has 0 aliphatic rings. The molecule has 4 nitrogen and oxygen atoms in total. The van der Waals surface area contributed by atoms with Gasteiger partial charge in [-0.05, 0) is 13.0 Å². The minimum absolute atomic E-state index is 0.0685. The molecule has 3 rings (SSSR count). The fraction of sp³-hybridized carbons (Fsp3) is 0.294. The van der Waals surface area contributed by atoms with Crippen molar-refractivity contribution < 1.29 is 4.79 Å². The van der Waals surface area contributed by atoms with Gasteiger partial charge in [-0.2, -0.15) is 0 Å². The van der Waals surface area contributed by atoms with E-state index in [-0.39, 0.29) is 5.91 Å². The van der Waals surface area contributed by atoms with Gasteiger partial charge >= 0.3 is 0 Å². The lowest BCUT2D eigenvalue weighted by molar-refractivity contribution is 0.0798. The Balaban J connectivity index is 1.79. The molecule has 0 spiro atoms. The second-order valence-corrected chi connectivity index (χ2v) is 6.45. The van der Waals surface area contributed by atoms with E-state index in [9.17, 15) is 4.79 Å². The number of fused-ring (bicyclic) bond motifs is 1. The molecule has 22 heavy (non-hydrogen) atoms. The number of hydrogen-bond donors (Lipinski definition) is 0. The van der Waals surface area contributed by atoms with E-state index in [1.54, 1.807) is 16.2 Å². The highest BCUT2D eigenvalue weighted by Gasteiger charge is 2.17. The summed E-state index contributed by atoms with van der Waals surface area (Å²) in [5.74, 6) is 0.0685. The zero-order valence-corrected chi connectivity index (χ0v) is 13.9. The van der Waals surface area contributed by atoms with Crippen LogP contribution in [0.15, 0.2) is 36.0 Å². The number of para-hydroxylation sites is 1. The monoisotopic (exact) mass is 313 g/mol. The molecule has 0 fully saturated rings. The molecule has 0 saturated carbocycles. The van der Waals surface area contributed by atoms with E-state index in [0.717, 1.165) is 28.6 Å². The minimum Gasteiger partial charge on any atom is -0.350 e. The van der Waals surface area contributed by atoms with Crippen molar-refractivity contribution >= 4 is 28.1 Å². The van der Waals surface area contributed by atoms with Crippen molar-refractivity contribution in [1.29, 1.82) is 0 Å². The highest BCUT2D eigenvalue weighted by molar-refractivity contribution is 7.09. The largest absolute Gasteiger partial charge is 0.350 e. The van der Waals surface area contributed by atoms with Crippen LogP contribution < -0.4 is 0 Å². The molecule has 2 aromatic heterocycles. The smallest absolute Gasteiger partial charge is 0.255 e. The van der Waals surface area contributed by atoms with Gasteiger partial charge in [0.15, 0.2) is 0 Å². The lowest BCUT2D eigenvalue weighted by atomic mass is 10.1. The van der Waals surface area contributed by atoms with Crippen molar-refractivity contribution in [2.24, 2.45) is 7.05 Å². The maximum atomic E-state index is 12.7. The molecule has 5 heteroatoms. The van der Waals surface area contributed by atoms with Crippen LogP contribution in [0.3, 0.4) is 0 Å². The Bertz CT molecular complexity index is 818. The van der Waals surface area contributed by atoms with Gasteiger partial charge in [0.2, 0.25) is 0 Å². The van der Waals surface area contributed by atoms with Crippen LogP contribution in [0.5, 0.6) is 0 Å². The van der Waals surface area contributed by atoms with E-state index in [1.165, 1.54) is 4.88 Å². The van der Waals surface area contributed by atoms with Crippen LogP contribution >= 0.6 is 11.3 Å². The molecule has 0 N–H and O–H groups in total. The molecule has 114 valence electrons. The van der Waals surface area contributed by atoms with Gasteiger partial charge in [-0.1, -0.05) is 18.2 Å². The molecule has 0 aliphatic carbocycles. The van der Waals surface area contributed by atoms with Gasteiger partial charge in [-0.25, -0.2) is 4.98 Å². The molecule has 0 unspecified atom stereocenters. The Morgan fingerprint density at radius 2 is 2.14 bits per heavy atom. The lowest BCUT2D eigenvalue weighted by Gasteiger charge is -2.16. The third-order valence-corrected chi connectivity index (χ3v) is 4.99. The number of likely N-dealkylation sites (N-methyl/N-ethyl adjacent to an activating group) is 1. The quantitative estimate of drug-likeness (QED) is 0.741. The summed E-state index contributed by atoms with van der Waals surface area (Å²) in [5, 5.41) is 1.01. The van der Waals surface area contributed by atoms with Crippen LogP contribution in [-0.4, -0.2) is 34.0 Å². The van der Waals surface area contributed by atoms with Crippen LogP contribution in [0.4, 0.5) is 0 Å². The normalized spacial score (nSPS) is 11.0. The van der Waals surface area contributed by atoms with Gasteiger partial charge in [0.05, 0.1) is 16.8 Å². The van der Waals surface area contributed by atoms with Crippen molar-refractivity contribution in [3.05, 3.63) is 52.1 Å². The molecular weight excluding hydrogens is 294 g/mol. The Hall–Kier alpha value is -2.14. The Kier molecular flexibility index (Phi) is 3.98. The number of amides is 1. The number of carbonyl (C=O) groups is 1. The van der Waals surface area contributed by atoms with Gasteiger partial charge in [-0.3, -0.25) is 4.79 Å². The van der Waals surface area contributed by atoms with Gasteiger partial charge < -0.3 is 9.47 Å². The molecule has 0 saturated heterocycles. The summed E-state index contributed by atoms with van der Waals surface area (Å²) in [6, 6.07) is 8.00. The second kappa shape index (κ2) is 5.93. The summed E-state index contributed by atoms with van der Waals surface area (Å²) >= 11 is 1.65. The summed E-state index contributed by atoms with van der Waals surface area (Å²) in [7, 11) is 3.83. The predicted octanol–water partition coefficient (Wildman–Crippen LogP) is 3.26. The number of benzene rings is 1. The summed E-state index contributed by atoms with van der Waals surface area (Å²) in [4.78, 5) is 20.0. The van der Waals surface area contributed by atoms with Crippen LogP contribution in [0.1, 0.15) is 20.9 Å². The number of aryl methyl sites for hydroxylation is 2. The molecule has 0 radical (unpaired) electrons. The summed E-state index contributed by atoms with van der Waals surface area (Å²) in [6.07, 6.45) is 2.77. The van der Waals surface area contributed by atoms with Gasteiger partial charge in [0.1, 0.15) is 0 Å². The number of aromatic nitrogens is 2. The number of carbonyl (C=O) groups excluding carboxylic acids is 1. The van der Waals surface area contributed by atoms with Gasteiger partial charge in [0, 0.05) is 49.0 Å². The summed E-state index contributed by atoms with van der Waals surface area (Å²) < 4.78 is 2.00. The maximum Gasteiger partial charge on any atom is 0.255 e. The van der Waals surface area contributed by atoms with E-state index in [1.807, 2.05) is 61.6 Å². The Labute approximate surface area is 134 Å². The molecule has 2 heterocycles. The average Bonchev–Trinajstić information content (AvgIpc) is 3.08. The van der Waals surface area contributed by atoms with Crippen LogP contribution in [0.2, 0.25) is 0 Å². The minimum atomic E-state index is 0.0685. The first-order valence-electron chi connectivity index (χ1n) is 7.26. The van der Waals surface area contributed by atoms with E-state index in [4.69, 9.17) is 0 Å². The first kappa shape index (κ1) is 14.8. The fourth-order valence-corrected chi connectivity index (χ4v) is 3.43. The topological polar surface area (TPSA) is 38.1 Å². The molecule has 0 aliphatic heterocycles. The zero-order valence-electron chi connectivity index (χ0n) is 13.0. The van der Waals surface area contributed by atoms with E-state index in [0.29, 0.717) is 6.54 Å². The predicted molar refractivity (Wildman–Crippen MR) is 90.4 cm³/mol. The lowest BCUT2D eigenvalue weighted by Crippen LogP contribution is -2.28. The number of nitrogens with zero attached hydrogens (tertiary/aromatic N) is 3. The molecular formula is C17H19N3OS. The molecule has 0 bridgehead atoms. The van der Waals surface area contributed by atoms with Crippen molar-refractivity contribution in [3.63, 3.8) is 0 Å². The molecule has 1 aromatic carbocycles. The summed E-state index contributed by atoms with van der Waals surface area (Å²) in [6.45, 7) is 2.71. The number of thiazole rings is 1. The number of hydrogen-bond acceptors (Lipinski definition) is 3. The zero-order chi connectivity index (χ0) is 15.7. The number of rotatable bonds is 4. The average molecular weight is 313 g/mol. The van der Waals surface area contributed by atoms with E-state index >= 15 is 0 Å². The Morgan fingerprint density at radius 3 is 2.86 bits per heavy atom. The van der Waals surface area contributed by atoms with Crippen molar-refractivity contribution in [1.82, 2.24) is 14.5 Å². The highest BCUT2D eigenvalue weighted by atomic mass is 32.1. The van der Waals surface area contributed by atoms with Crippen molar-refractivity contribution in [3.8, 4) is 0 Å². The molecule has 3 aromatic rings. The molecule has 1 amide bonds. The standard InChI is InChI=1S/C17H19N3OS/c1-12-16(22-11-18-12)8-9-19(2)17(21)14-10-20(3)15-7-5-4-6-13(14)15/h4-7,10-11H,8-9H2,1-3H3. The van der Waals surface area contributed by atoms with Crippen molar-refractivity contribution in [2.75, 3.05) is 13.6 Å². The summed E-state index contributed by atoms with van der Waals surface area (Å²) in [5.41, 5.74) is 4.77. The second-order valence-electron chi connectivity index (χ2n) is 5.51. The Morgan fingerprint density at radius 1 is 1.36 bits per heavy atom. The SMILES string of the molecule is Cc1ncsc1CCN(C)C(=O)c1cn(C)c2ccccc12. The maximum absolute atomic E-state index is 12.7. The molecule has 0 atom stereocenters. The van der Waals surface area contributed by atoms with Crippen molar-refractivity contribution in [2.45, 2.75) is 13.3 Å². The van der Waals surface area contributed by atoms with Gasteiger partial charge in [0.25, 0.3) is 5.91 Å². The third-order valence-electron chi connectivity index (χ3n) is 3.99. The van der Waals surface area contributed by atoms with Crippen LogP contribution in [0.25, 0.3) is 10.9 Å². The van der Waals surface area contributed by atoms with Gasteiger partial charge in [-0.15, -0.1) is 11.3 Å². The van der Waals surface area contributed by atoms with Crippen LogP contribution in [0, 0.1) is 6.92 Å².